The molecule has 0 radical (unpaired) electrons. The Bertz CT molecular complexity index is 931. The predicted molar refractivity (Wildman–Crippen MR) is 133 cm³/mol. The zero-order valence-electron chi connectivity index (χ0n) is 19.9. The molecule has 0 aliphatic heterocycles. The Balaban J connectivity index is 2.09. The van der Waals surface area contributed by atoms with Crippen LogP contribution in [0.25, 0.3) is 5.69 Å². The Kier molecular flexibility index (Phi) is 10.6. The van der Waals surface area contributed by atoms with Gasteiger partial charge in [0.2, 0.25) is 5.91 Å². The van der Waals surface area contributed by atoms with E-state index in [2.05, 4.69) is 20.9 Å². The number of aliphatic imine (C=N–C) groups is 1. The van der Waals surface area contributed by atoms with Crippen LogP contribution in [-0.2, 0) is 4.79 Å². The number of carbonyl (C=O) groups excluding carboxylic acids is 2. The largest absolute Gasteiger partial charge is 0.475 e. The van der Waals surface area contributed by atoms with Gasteiger partial charge in [0, 0.05) is 37.2 Å². The van der Waals surface area contributed by atoms with Gasteiger partial charge in [-0.3, -0.25) is 14.6 Å². The fraction of sp³-hybridized carbons (Fsp3) is 0.435. The van der Waals surface area contributed by atoms with Crippen molar-refractivity contribution in [3.05, 3.63) is 54.4 Å². The van der Waals surface area contributed by atoms with Gasteiger partial charge in [-0.15, -0.1) is 0 Å². The lowest BCUT2D eigenvalue weighted by Gasteiger charge is -2.24. The highest BCUT2D eigenvalue weighted by atomic mass is 16.4. The summed E-state index contributed by atoms with van der Waals surface area (Å²) in [5.74, 6) is -1.29. The van der Waals surface area contributed by atoms with Crippen molar-refractivity contribution in [2.75, 3.05) is 13.6 Å². The van der Waals surface area contributed by atoms with Crippen LogP contribution in [0.3, 0.4) is 0 Å². The number of benzene rings is 1. The van der Waals surface area contributed by atoms with Gasteiger partial charge in [-0.25, -0.2) is 0 Å². The van der Waals surface area contributed by atoms with Crippen LogP contribution in [0.15, 0.2) is 53.8 Å². The first-order valence-electron chi connectivity index (χ1n) is 11.4. The predicted octanol–water partition coefficient (Wildman–Crippen LogP) is 0.433. The second-order valence-corrected chi connectivity index (χ2v) is 8.50. The molecule has 0 aliphatic carbocycles. The SMILES string of the molecule is CN=C(N)NCCC[C@H](NC(=O)c1ccc(-n2cccc2)cc1)C(=O)N[C@@H](CC(C)C)B(O)O. The summed E-state index contributed by atoms with van der Waals surface area (Å²) < 4.78 is 1.92. The number of nitrogens with two attached hydrogens (primary N) is 1. The maximum Gasteiger partial charge on any atom is 0.475 e. The van der Waals surface area contributed by atoms with Crippen LogP contribution in [-0.4, -0.2) is 65.1 Å². The molecule has 2 atom stereocenters. The van der Waals surface area contributed by atoms with Gasteiger partial charge in [-0.2, -0.15) is 0 Å². The molecule has 1 aromatic heterocycles. The van der Waals surface area contributed by atoms with Gasteiger partial charge in [0.05, 0.1) is 5.94 Å². The third-order valence-electron chi connectivity index (χ3n) is 5.28. The molecule has 1 heterocycles. The zero-order chi connectivity index (χ0) is 25.1. The lowest BCUT2D eigenvalue weighted by molar-refractivity contribution is -0.123. The van der Waals surface area contributed by atoms with Gasteiger partial charge < -0.3 is 36.3 Å². The summed E-state index contributed by atoms with van der Waals surface area (Å²) in [6.45, 7) is 4.31. The van der Waals surface area contributed by atoms with Crippen LogP contribution in [0, 0.1) is 5.92 Å². The Hall–Kier alpha value is -3.31. The standard InChI is InChI=1S/C23H35BN6O4/c1-16(2)15-20(24(33)34)29-22(32)19(7-6-12-27-23(25)26-3)28-21(31)17-8-10-18(11-9-17)30-13-4-5-14-30/h4-5,8-11,13-14,16,19-20,33-34H,6-7,12,15H2,1-3H3,(H,28,31)(H,29,32)(H3,25,26,27)/t19-,20-/m0/s1. The smallest absolute Gasteiger partial charge is 0.426 e. The first-order valence-corrected chi connectivity index (χ1v) is 11.4. The van der Waals surface area contributed by atoms with E-state index in [1.807, 2.05) is 55.1 Å². The summed E-state index contributed by atoms with van der Waals surface area (Å²) in [5, 5.41) is 27.7. The van der Waals surface area contributed by atoms with Crippen molar-refractivity contribution in [2.45, 2.75) is 45.1 Å². The van der Waals surface area contributed by atoms with E-state index < -0.39 is 30.9 Å². The third kappa shape index (κ3) is 8.56. The fourth-order valence-electron chi connectivity index (χ4n) is 3.45. The normalized spacial score (nSPS) is 13.3. The molecule has 7 N–H and O–H groups in total. The molecule has 0 saturated carbocycles. The monoisotopic (exact) mass is 470 g/mol. The molecule has 10 nitrogen and oxygen atoms in total. The van der Waals surface area contributed by atoms with E-state index in [4.69, 9.17) is 5.73 Å². The molecule has 11 heteroatoms. The number of carbonyl (C=O) groups is 2. The number of hydrogen-bond donors (Lipinski definition) is 6. The lowest BCUT2D eigenvalue weighted by atomic mass is 9.75. The molecular weight excluding hydrogens is 435 g/mol. The van der Waals surface area contributed by atoms with Crippen LogP contribution in [0.4, 0.5) is 0 Å². The highest BCUT2D eigenvalue weighted by molar-refractivity contribution is 6.43. The summed E-state index contributed by atoms with van der Waals surface area (Å²) >= 11 is 0. The van der Waals surface area contributed by atoms with Crippen molar-refractivity contribution < 1.29 is 19.6 Å². The van der Waals surface area contributed by atoms with Crippen molar-refractivity contribution in [2.24, 2.45) is 16.6 Å². The molecule has 0 fully saturated rings. The topological polar surface area (TPSA) is 154 Å². The summed E-state index contributed by atoms with van der Waals surface area (Å²) in [6, 6.07) is 9.98. The van der Waals surface area contributed by atoms with Gasteiger partial charge in [-0.1, -0.05) is 13.8 Å². The number of nitrogens with one attached hydrogen (secondary N) is 3. The van der Waals surface area contributed by atoms with Gasteiger partial charge in [0.1, 0.15) is 6.04 Å². The second kappa shape index (κ2) is 13.4. The quantitative estimate of drug-likeness (QED) is 0.114. The van der Waals surface area contributed by atoms with Crippen molar-refractivity contribution in [3.63, 3.8) is 0 Å². The molecule has 184 valence electrons. The molecular formula is C23H35BN6O4. The summed E-state index contributed by atoms with van der Waals surface area (Å²) in [7, 11) is -0.138. The fourth-order valence-corrected chi connectivity index (χ4v) is 3.45. The minimum atomic E-state index is -1.70. The number of aromatic nitrogens is 1. The maximum atomic E-state index is 13.0. The van der Waals surface area contributed by atoms with E-state index in [0.717, 1.165) is 5.69 Å². The summed E-state index contributed by atoms with van der Waals surface area (Å²) in [4.78, 5) is 29.7. The van der Waals surface area contributed by atoms with Crippen molar-refractivity contribution in [3.8, 4) is 5.69 Å². The minimum Gasteiger partial charge on any atom is -0.426 e. The van der Waals surface area contributed by atoms with Gasteiger partial charge in [-0.05, 0) is 61.6 Å². The van der Waals surface area contributed by atoms with Crippen molar-refractivity contribution in [1.29, 1.82) is 0 Å². The molecule has 2 amide bonds. The molecule has 34 heavy (non-hydrogen) atoms. The van der Waals surface area contributed by atoms with E-state index in [1.54, 1.807) is 19.2 Å². The Labute approximate surface area is 200 Å². The van der Waals surface area contributed by atoms with Crippen molar-refractivity contribution >= 4 is 24.9 Å². The lowest BCUT2D eigenvalue weighted by Crippen LogP contribution is -2.54. The zero-order valence-corrected chi connectivity index (χ0v) is 19.9. The average molecular weight is 470 g/mol. The Morgan fingerprint density at radius 3 is 2.32 bits per heavy atom. The van der Waals surface area contributed by atoms with E-state index in [9.17, 15) is 19.6 Å². The minimum absolute atomic E-state index is 0.138. The van der Waals surface area contributed by atoms with Crippen LogP contribution in [0.5, 0.6) is 0 Å². The highest BCUT2D eigenvalue weighted by Crippen LogP contribution is 2.11. The number of amides is 2. The molecule has 0 aliphatic rings. The molecule has 0 unspecified atom stereocenters. The second-order valence-electron chi connectivity index (χ2n) is 8.50. The van der Waals surface area contributed by atoms with Crippen molar-refractivity contribution in [1.82, 2.24) is 20.5 Å². The summed E-state index contributed by atoms with van der Waals surface area (Å²) in [5.41, 5.74) is 6.95. The van der Waals surface area contributed by atoms with Gasteiger partial charge in [0.25, 0.3) is 5.91 Å². The molecule has 0 bridgehead atoms. The molecule has 1 aromatic carbocycles. The molecule has 0 spiro atoms. The third-order valence-corrected chi connectivity index (χ3v) is 5.28. The van der Waals surface area contributed by atoms with Gasteiger partial charge >= 0.3 is 7.12 Å². The number of rotatable bonds is 12. The van der Waals surface area contributed by atoms with Crippen LogP contribution >= 0.6 is 0 Å². The molecule has 2 aromatic rings. The first-order chi connectivity index (χ1) is 16.2. The Morgan fingerprint density at radius 1 is 1.12 bits per heavy atom. The van der Waals surface area contributed by atoms with E-state index in [0.29, 0.717) is 31.4 Å². The summed E-state index contributed by atoms with van der Waals surface area (Å²) in [6.07, 6.45) is 5.04. The average Bonchev–Trinajstić information content (AvgIpc) is 3.35. The highest BCUT2D eigenvalue weighted by Gasteiger charge is 2.29. The molecule has 2 rings (SSSR count). The molecule has 0 saturated heterocycles. The van der Waals surface area contributed by atoms with Crippen LogP contribution in [0.1, 0.15) is 43.5 Å². The van der Waals surface area contributed by atoms with Crippen LogP contribution < -0.4 is 21.7 Å². The first kappa shape index (κ1) is 26.9. The number of nitrogens with zero attached hydrogens (tertiary/aromatic N) is 2. The Morgan fingerprint density at radius 2 is 1.76 bits per heavy atom. The van der Waals surface area contributed by atoms with E-state index in [-0.39, 0.29) is 11.9 Å². The van der Waals surface area contributed by atoms with Crippen LogP contribution in [0.2, 0.25) is 0 Å². The maximum absolute atomic E-state index is 13.0. The number of guanidine groups is 1. The van der Waals surface area contributed by atoms with E-state index >= 15 is 0 Å². The van der Waals surface area contributed by atoms with Gasteiger partial charge in [0.15, 0.2) is 5.96 Å². The number of hydrogen-bond acceptors (Lipinski definition) is 5. The van der Waals surface area contributed by atoms with E-state index in [1.165, 1.54) is 0 Å².